The molecular formula is C67H44N2. The minimum atomic E-state index is -0.467. The first-order valence-corrected chi connectivity index (χ1v) is 23.9. The van der Waals surface area contributed by atoms with E-state index in [2.05, 4.69) is 276 Å². The van der Waals surface area contributed by atoms with Crippen LogP contribution < -0.4 is 4.90 Å². The van der Waals surface area contributed by atoms with Crippen molar-refractivity contribution in [2.75, 3.05) is 4.90 Å². The van der Waals surface area contributed by atoms with Crippen LogP contribution in [0, 0.1) is 0 Å². The molecule has 2 nitrogen and oxygen atoms in total. The van der Waals surface area contributed by atoms with E-state index in [0.29, 0.717) is 0 Å². The molecule has 0 radical (unpaired) electrons. The van der Waals surface area contributed by atoms with Crippen LogP contribution in [0.1, 0.15) is 22.3 Å². The maximum absolute atomic E-state index is 2.53. The molecule has 0 fully saturated rings. The second kappa shape index (κ2) is 15.6. The van der Waals surface area contributed by atoms with Gasteiger partial charge >= 0.3 is 0 Å². The summed E-state index contributed by atoms with van der Waals surface area (Å²) in [5.74, 6) is 0. The first kappa shape index (κ1) is 39.2. The van der Waals surface area contributed by atoms with Gasteiger partial charge in [-0.15, -0.1) is 0 Å². The lowest BCUT2D eigenvalue weighted by Crippen LogP contribution is -2.26. The highest BCUT2D eigenvalue weighted by atomic mass is 15.1. The van der Waals surface area contributed by atoms with Gasteiger partial charge in [0.1, 0.15) is 0 Å². The van der Waals surface area contributed by atoms with Gasteiger partial charge in [-0.25, -0.2) is 0 Å². The Kier molecular flexibility index (Phi) is 8.84. The Morgan fingerprint density at radius 2 is 0.783 bits per heavy atom. The van der Waals surface area contributed by atoms with Crippen LogP contribution >= 0.6 is 0 Å². The zero-order valence-corrected chi connectivity index (χ0v) is 37.8. The van der Waals surface area contributed by atoms with Crippen molar-refractivity contribution in [2.24, 2.45) is 0 Å². The summed E-state index contributed by atoms with van der Waals surface area (Å²) < 4.78 is 2.41. The van der Waals surface area contributed by atoms with Crippen LogP contribution in [0.2, 0.25) is 0 Å². The highest BCUT2D eigenvalue weighted by molar-refractivity contribution is 6.11. The first-order valence-electron chi connectivity index (χ1n) is 23.9. The van der Waals surface area contributed by atoms with Gasteiger partial charge in [-0.2, -0.15) is 0 Å². The minimum absolute atomic E-state index is 0.467. The number of rotatable bonds is 7. The Balaban J connectivity index is 1.01. The van der Waals surface area contributed by atoms with E-state index in [1.165, 1.54) is 94.1 Å². The summed E-state index contributed by atoms with van der Waals surface area (Å²) in [5.41, 5.74) is 23.9. The molecule has 14 rings (SSSR count). The van der Waals surface area contributed by atoms with Crippen molar-refractivity contribution in [3.8, 4) is 61.3 Å². The van der Waals surface area contributed by atoms with E-state index in [0.717, 1.165) is 28.3 Å². The number of nitrogens with zero attached hydrogens (tertiary/aromatic N) is 2. The summed E-state index contributed by atoms with van der Waals surface area (Å²) >= 11 is 0. The van der Waals surface area contributed by atoms with E-state index in [1.54, 1.807) is 0 Å². The molecule has 0 saturated carbocycles. The third kappa shape index (κ3) is 5.79. The van der Waals surface area contributed by atoms with Gasteiger partial charge in [0.05, 0.1) is 27.8 Å². The molecule has 0 aliphatic heterocycles. The number of benzene rings is 11. The highest BCUT2D eigenvalue weighted by Crippen LogP contribution is 2.65. The number of aromatic nitrogens is 1. The molecule has 12 aromatic rings. The smallest absolute Gasteiger partial charge is 0.0726 e. The fraction of sp³-hybridized carbons (Fsp3) is 0.0149. The molecule has 11 aromatic carbocycles. The number of fused-ring (bicyclic) bond motifs is 13. The van der Waals surface area contributed by atoms with Gasteiger partial charge in [0.25, 0.3) is 0 Å². The normalized spacial score (nSPS) is 12.8. The lowest BCUT2D eigenvalue weighted by Gasteiger charge is -2.32. The van der Waals surface area contributed by atoms with Gasteiger partial charge in [-0.3, -0.25) is 0 Å². The predicted octanol–water partition coefficient (Wildman–Crippen LogP) is 17.6. The van der Waals surface area contributed by atoms with E-state index in [4.69, 9.17) is 0 Å². The maximum atomic E-state index is 2.53. The molecule has 0 unspecified atom stereocenters. The van der Waals surface area contributed by atoms with Crippen molar-refractivity contribution in [3.05, 3.63) is 289 Å². The summed E-state index contributed by atoms with van der Waals surface area (Å²) in [6.45, 7) is 0. The van der Waals surface area contributed by atoms with Gasteiger partial charge in [0.2, 0.25) is 0 Å². The zero-order chi connectivity index (χ0) is 45.5. The topological polar surface area (TPSA) is 8.17 Å². The van der Waals surface area contributed by atoms with Crippen LogP contribution in [0.25, 0.3) is 83.1 Å². The van der Waals surface area contributed by atoms with E-state index < -0.39 is 5.41 Å². The van der Waals surface area contributed by atoms with Gasteiger partial charge in [0.15, 0.2) is 0 Å². The molecule has 322 valence electrons. The van der Waals surface area contributed by atoms with Crippen molar-refractivity contribution >= 4 is 38.9 Å². The molecular weight excluding hydrogens is 833 g/mol. The molecule has 1 heterocycles. The second-order valence-electron chi connectivity index (χ2n) is 18.3. The average Bonchev–Trinajstić information content (AvgIpc) is 4.04. The highest BCUT2D eigenvalue weighted by Gasteiger charge is 2.52. The molecule has 0 amide bonds. The minimum Gasteiger partial charge on any atom is -0.309 e. The van der Waals surface area contributed by atoms with E-state index in [9.17, 15) is 0 Å². The second-order valence-corrected chi connectivity index (χ2v) is 18.3. The van der Waals surface area contributed by atoms with E-state index in [1.807, 2.05) is 0 Å². The average molecular weight is 877 g/mol. The van der Waals surface area contributed by atoms with E-state index in [-0.39, 0.29) is 0 Å². The molecule has 1 aromatic heterocycles. The predicted molar refractivity (Wildman–Crippen MR) is 288 cm³/mol. The third-order valence-corrected chi connectivity index (χ3v) is 14.8. The fourth-order valence-electron chi connectivity index (χ4n) is 12.0. The third-order valence-electron chi connectivity index (χ3n) is 14.8. The lowest BCUT2D eigenvalue weighted by molar-refractivity contribution is 0.794. The van der Waals surface area contributed by atoms with Crippen LogP contribution in [0.3, 0.4) is 0 Å². The number of hydrogen-bond donors (Lipinski definition) is 0. The number of anilines is 3. The van der Waals surface area contributed by atoms with Crippen molar-refractivity contribution in [1.29, 1.82) is 0 Å². The molecule has 0 atom stereocenters. The molecule has 0 bridgehead atoms. The monoisotopic (exact) mass is 876 g/mol. The largest absolute Gasteiger partial charge is 0.309 e. The molecule has 69 heavy (non-hydrogen) atoms. The Labute approximate surface area is 402 Å². The first-order chi connectivity index (χ1) is 34.3. The summed E-state index contributed by atoms with van der Waals surface area (Å²) in [6, 6.07) is 98.6. The van der Waals surface area contributed by atoms with Gasteiger partial charge in [-0.05, 0) is 115 Å². The molecule has 0 saturated heterocycles. The Morgan fingerprint density at radius 1 is 0.290 bits per heavy atom. The number of para-hydroxylation sites is 3. The van der Waals surface area contributed by atoms with Crippen molar-refractivity contribution in [3.63, 3.8) is 0 Å². The maximum Gasteiger partial charge on any atom is 0.0726 e. The van der Waals surface area contributed by atoms with Crippen molar-refractivity contribution < 1.29 is 0 Å². The van der Waals surface area contributed by atoms with Crippen molar-refractivity contribution in [1.82, 2.24) is 4.57 Å². The molecule has 2 aliphatic carbocycles. The Morgan fingerprint density at radius 3 is 1.51 bits per heavy atom. The van der Waals surface area contributed by atoms with Crippen LogP contribution in [0.4, 0.5) is 17.1 Å². The molecule has 2 aliphatic rings. The SMILES string of the molecule is c1ccc(-c2ccc(N(c3ccccc3-c3ccccc3-c3ccc4c5ccccc5n(-c5ccccc5)c4c3)c3cccc4c3-c3ccccc3C43c4ccccc4-c4ccccc43)cc2)cc1. The van der Waals surface area contributed by atoms with Crippen LogP contribution in [-0.4, -0.2) is 4.57 Å². The van der Waals surface area contributed by atoms with E-state index >= 15 is 0 Å². The fourth-order valence-corrected chi connectivity index (χ4v) is 12.0. The van der Waals surface area contributed by atoms with Crippen molar-refractivity contribution in [2.45, 2.75) is 5.41 Å². The summed E-state index contributed by atoms with van der Waals surface area (Å²) in [7, 11) is 0. The zero-order valence-electron chi connectivity index (χ0n) is 37.8. The molecule has 0 N–H and O–H groups in total. The summed E-state index contributed by atoms with van der Waals surface area (Å²) in [4.78, 5) is 2.53. The standard InChI is InChI=1S/C67H44N2/c1-3-20-45(21-4-1)46-38-41-49(42-39-46)68(64-37-19-34-61-66(64)57-30-11-16-33-60(57)67(61)58-31-14-9-26-52(58)53-27-10-15-32-59(53)67)62-35-17-12-28-54(62)51-25-8-7-24-50(51)47-40-43-56-55-29-13-18-36-63(55)69(65(56)44-47)48-22-5-2-6-23-48/h1-44H. The quantitative estimate of drug-likeness (QED) is 0.155. The molecule has 2 heteroatoms. The Bertz CT molecular complexity index is 3910. The Hall–Kier alpha value is -8.98. The van der Waals surface area contributed by atoms with Crippen LogP contribution in [0.15, 0.2) is 267 Å². The number of hydrogen-bond acceptors (Lipinski definition) is 1. The van der Waals surface area contributed by atoms with Crippen LogP contribution in [0.5, 0.6) is 0 Å². The van der Waals surface area contributed by atoms with Gasteiger partial charge in [0, 0.05) is 33.3 Å². The molecule has 1 spiro atoms. The summed E-state index contributed by atoms with van der Waals surface area (Å²) in [6.07, 6.45) is 0. The van der Waals surface area contributed by atoms with Gasteiger partial charge < -0.3 is 9.47 Å². The van der Waals surface area contributed by atoms with Gasteiger partial charge in [-0.1, -0.05) is 218 Å². The lowest BCUT2D eigenvalue weighted by atomic mass is 9.70. The summed E-state index contributed by atoms with van der Waals surface area (Å²) in [5, 5.41) is 2.49. The van der Waals surface area contributed by atoms with Crippen LogP contribution in [-0.2, 0) is 5.41 Å².